The summed E-state index contributed by atoms with van der Waals surface area (Å²) < 4.78 is 10.4. The Balaban J connectivity index is 2.60. The number of carbonyl (C=O) groups excluding carboxylic acids is 1. The lowest BCUT2D eigenvalue weighted by Crippen LogP contribution is -2.20. The second kappa shape index (κ2) is 8.59. The molecule has 112 valence electrons. The summed E-state index contributed by atoms with van der Waals surface area (Å²) in [6.45, 7) is 8.45. The van der Waals surface area contributed by atoms with Gasteiger partial charge in [0.25, 0.3) is 0 Å². The van der Waals surface area contributed by atoms with Gasteiger partial charge in [-0.25, -0.2) is 0 Å². The molecule has 0 aliphatic carbocycles. The summed E-state index contributed by atoms with van der Waals surface area (Å²) in [5.74, 6) is 1.23. The van der Waals surface area contributed by atoms with Crippen molar-refractivity contribution in [3.05, 3.63) is 29.3 Å². The number of rotatable bonds is 8. The molecule has 0 bridgehead atoms. The maximum atomic E-state index is 11.1. The zero-order valence-corrected chi connectivity index (χ0v) is 12.9. The zero-order chi connectivity index (χ0) is 15.0. The number of para-hydroxylation sites is 1. The van der Waals surface area contributed by atoms with Crippen molar-refractivity contribution in [2.75, 3.05) is 20.3 Å². The molecule has 4 heteroatoms. The van der Waals surface area contributed by atoms with Crippen molar-refractivity contribution in [2.45, 2.75) is 33.7 Å². The molecule has 1 N–H and O–H groups in total. The van der Waals surface area contributed by atoms with Crippen LogP contribution < -0.4 is 10.1 Å². The summed E-state index contributed by atoms with van der Waals surface area (Å²) in [5.41, 5.74) is 2.20. The van der Waals surface area contributed by atoms with E-state index in [0.717, 1.165) is 30.0 Å². The molecule has 1 rings (SSSR count). The van der Waals surface area contributed by atoms with E-state index in [2.05, 4.69) is 23.9 Å². The minimum atomic E-state index is -0.252. The third-order valence-corrected chi connectivity index (χ3v) is 2.94. The molecule has 1 aromatic rings. The van der Waals surface area contributed by atoms with Gasteiger partial charge in [-0.05, 0) is 24.9 Å². The molecule has 0 amide bonds. The summed E-state index contributed by atoms with van der Waals surface area (Å²) in [4.78, 5) is 11.1. The Morgan fingerprint density at radius 2 is 2.10 bits per heavy atom. The quantitative estimate of drug-likeness (QED) is 0.743. The van der Waals surface area contributed by atoms with Crippen molar-refractivity contribution in [3.63, 3.8) is 0 Å². The molecule has 0 saturated carbocycles. The standard InChI is InChI=1S/C16H25NO3/c1-12(2)10-17-11-14-7-5-6-13(3)16(14)20-9-8-15(18)19-4/h5-7,12,17H,8-11H2,1-4H3. The van der Waals surface area contributed by atoms with E-state index < -0.39 is 0 Å². The van der Waals surface area contributed by atoms with Gasteiger partial charge in [-0.15, -0.1) is 0 Å². The number of esters is 1. The van der Waals surface area contributed by atoms with Crippen LogP contribution in [0.15, 0.2) is 18.2 Å². The number of benzene rings is 1. The number of hydrogen-bond donors (Lipinski definition) is 1. The van der Waals surface area contributed by atoms with Gasteiger partial charge in [0, 0.05) is 12.1 Å². The predicted molar refractivity (Wildman–Crippen MR) is 79.9 cm³/mol. The molecule has 0 aromatic heterocycles. The number of nitrogens with one attached hydrogen (secondary N) is 1. The third-order valence-electron chi connectivity index (χ3n) is 2.94. The van der Waals surface area contributed by atoms with E-state index in [1.807, 2.05) is 25.1 Å². The summed E-state index contributed by atoms with van der Waals surface area (Å²) in [6.07, 6.45) is 0.268. The number of carbonyl (C=O) groups is 1. The molecule has 0 heterocycles. The topological polar surface area (TPSA) is 47.6 Å². The van der Waals surface area contributed by atoms with E-state index in [9.17, 15) is 4.79 Å². The molecule has 1 aromatic carbocycles. The van der Waals surface area contributed by atoms with E-state index in [0.29, 0.717) is 12.5 Å². The van der Waals surface area contributed by atoms with E-state index in [1.165, 1.54) is 7.11 Å². The molecule has 4 nitrogen and oxygen atoms in total. The monoisotopic (exact) mass is 279 g/mol. The van der Waals surface area contributed by atoms with Gasteiger partial charge in [0.2, 0.25) is 0 Å². The number of aryl methyl sites for hydroxylation is 1. The fourth-order valence-corrected chi connectivity index (χ4v) is 1.89. The molecule has 0 unspecified atom stereocenters. The Hall–Kier alpha value is -1.55. The SMILES string of the molecule is COC(=O)CCOc1c(C)cccc1CNCC(C)C. The van der Waals surface area contributed by atoms with Crippen LogP contribution in [0.5, 0.6) is 5.75 Å². The summed E-state index contributed by atoms with van der Waals surface area (Å²) in [7, 11) is 1.39. The van der Waals surface area contributed by atoms with E-state index in [4.69, 9.17) is 4.74 Å². The summed E-state index contributed by atoms with van der Waals surface area (Å²) in [5, 5.41) is 3.41. The molecule has 20 heavy (non-hydrogen) atoms. The highest BCUT2D eigenvalue weighted by molar-refractivity contribution is 5.69. The Labute approximate surface area is 121 Å². The van der Waals surface area contributed by atoms with Crippen molar-refractivity contribution in [3.8, 4) is 5.75 Å². The first-order chi connectivity index (χ1) is 9.54. The van der Waals surface area contributed by atoms with Gasteiger partial charge < -0.3 is 14.8 Å². The predicted octanol–water partition coefficient (Wildman–Crippen LogP) is 2.68. The molecular weight excluding hydrogens is 254 g/mol. The van der Waals surface area contributed by atoms with E-state index >= 15 is 0 Å². The molecule has 0 aliphatic heterocycles. The molecule has 0 fully saturated rings. The lowest BCUT2D eigenvalue weighted by atomic mass is 10.1. The Morgan fingerprint density at radius 1 is 1.35 bits per heavy atom. The fourth-order valence-electron chi connectivity index (χ4n) is 1.89. The van der Waals surface area contributed by atoms with Gasteiger partial charge in [0.15, 0.2) is 0 Å². The Kier molecular flexibility index (Phi) is 7.09. The lowest BCUT2D eigenvalue weighted by Gasteiger charge is -2.15. The highest BCUT2D eigenvalue weighted by Crippen LogP contribution is 2.23. The molecule has 0 radical (unpaired) electrons. The molecule has 0 spiro atoms. The Morgan fingerprint density at radius 3 is 2.75 bits per heavy atom. The highest BCUT2D eigenvalue weighted by Gasteiger charge is 2.08. The van der Waals surface area contributed by atoms with Gasteiger partial charge in [0.05, 0.1) is 20.1 Å². The van der Waals surface area contributed by atoms with Crippen LogP contribution in [0.2, 0.25) is 0 Å². The van der Waals surface area contributed by atoms with Crippen LogP contribution in [-0.4, -0.2) is 26.2 Å². The first-order valence-electron chi connectivity index (χ1n) is 7.03. The van der Waals surface area contributed by atoms with Gasteiger partial charge >= 0.3 is 5.97 Å². The zero-order valence-electron chi connectivity index (χ0n) is 12.9. The fraction of sp³-hybridized carbons (Fsp3) is 0.562. The smallest absolute Gasteiger partial charge is 0.308 e. The van der Waals surface area contributed by atoms with Crippen LogP contribution in [0.25, 0.3) is 0 Å². The van der Waals surface area contributed by atoms with Crippen LogP contribution in [0.3, 0.4) is 0 Å². The average molecular weight is 279 g/mol. The van der Waals surface area contributed by atoms with Gasteiger partial charge in [0.1, 0.15) is 5.75 Å². The number of ether oxygens (including phenoxy) is 2. The summed E-state index contributed by atoms with van der Waals surface area (Å²) in [6, 6.07) is 6.09. The minimum absolute atomic E-state index is 0.252. The normalized spacial score (nSPS) is 10.7. The van der Waals surface area contributed by atoms with Crippen molar-refractivity contribution >= 4 is 5.97 Å². The maximum absolute atomic E-state index is 11.1. The van der Waals surface area contributed by atoms with Crippen LogP contribution in [0.1, 0.15) is 31.4 Å². The number of methoxy groups -OCH3 is 1. The highest BCUT2D eigenvalue weighted by atomic mass is 16.5. The maximum Gasteiger partial charge on any atom is 0.308 e. The Bertz CT molecular complexity index is 430. The van der Waals surface area contributed by atoms with Crippen molar-refractivity contribution in [1.29, 1.82) is 0 Å². The van der Waals surface area contributed by atoms with E-state index in [1.54, 1.807) is 0 Å². The summed E-state index contributed by atoms with van der Waals surface area (Å²) >= 11 is 0. The van der Waals surface area contributed by atoms with Crippen molar-refractivity contribution in [1.82, 2.24) is 5.32 Å². The number of hydrogen-bond acceptors (Lipinski definition) is 4. The first kappa shape index (κ1) is 16.5. The molecule has 0 saturated heterocycles. The van der Waals surface area contributed by atoms with Crippen LogP contribution in [0, 0.1) is 12.8 Å². The largest absolute Gasteiger partial charge is 0.492 e. The lowest BCUT2D eigenvalue weighted by molar-refractivity contribution is -0.141. The second-order valence-electron chi connectivity index (χ2n) is 5.26. The van der Waals surface area contributed by atoms with Crippen LogP contribution >= 0.6 is 0 Å². The second-order valence-corrected chi connectivity index (χ2v) is 5.26. The van der Waals surface area contributed by atoms with Gasteiger partial charge in [-0.2, -0.15) is 0 Å². The third kappa shape index (κ3) is 5.61. The molecule has 0 atom stereocenters. The van der Waals surface area contributed by atoms with Gasteiger partial charge in [-0.1, -0.05) is 32.0 Å². The van der Waals surface area contributed by atoms with Crippen molar-refractivity contribution in [2.24, 2.45) is 5.92 Å². The van der Waals surface area contributed by atoms with Crippen molar-refractivity contribution < 1.29 is 14.3 Å². The van der Waals surface area contributed by atoms with Gasteiger partial charge in [-0.3, -0.25) is 4.79 Å². The first-order valence-corrected chi connectivity index (χ1v) is 7.03. The minimum Gasteiger partial charge on any atom is -0.492 e. The van der Waals surface area contributed by atoms with Crippen LogP contribution in [0.4, 0.5) is 0 Å². The molecule has 0 aliphatic rings. The average Bonchev–Trinajstić information content (AvgIpc) is 2.41. The molecular formula is C16H25NO3. The van der Waals surface area contributed by atoms with Crippen LogP contribution in [-0.2, 0) is 16.1 Å². The van der Waals surface area contributed by atoms with E-state index in [-0.39, 0.29) is 12.4 Å².